The van der Waals surface area contributed by atoms with Gasteiger partial charge in [0.15, 0.2) is 0 Å². The lowest BCUT2D eigenvalue weighted by Gasteiger charge is -2.34. The largest absolute Gasteiger partial charge is 0.416 e. The van der Waals surface area contributed by atoms with Crippen molar-refractivity contribution in [1.82, 2.24) is 5.32 Å². The molecule has 0 bridgehead atoms. The van der Waals surface area contributed by atoms with Crippen LogP contribution in [0.4, 0.5) is 24.5 Å². The van der Waals surface area contributed by atoms with Crippen LogP contribution in [0.2, 0.25) is 0 Å². The molecule has 3 nitrogen and oxygen atoms in total. The number of hydrogen-bond donors (Lipinski definition) is 3. The topological polar surface area (TPSA) is 64.1 Å². The summed E-state index contributed by atoms with van der Waals surface area (Å²) in [6.45, 7) is 0.722. The fraction of sp³-hybridized carbons (Fsp3) is 0.333. The van der Waals surface area contributed by atoms with Crippen molar-refractivity contribution in [3.05, 3.63) is 58.7 Å². The number of nitrogens with one attached hydrogen (secondary N) is 1. The predicted molar refractivity (Wildman–Crippen MR) is 94.6 cm³/mol. The predicted octanol–water partition coefficient (Wildman–Crippen LogP) is 4.08. The highest BCUT2D eigenvalue weighted by atomic mass is 35.5. The second-order valence-electron chi connectivity index (χ2n) is 6.24. The summed E-state index contributed by atoms with van der Waals surface area (Å²) in [5.74, 6) is 0.0705. The number of hydrogen-bond acceptors (Lipinski definition) is 3. The Hall–Kier alpha value is -1.92. The molecule has 1 aliphatic heterocycles. The molecule has 7 heteroatoms. The minimum absolute atomic E-state index is 0.149. The number of halogens is 4. The highest BCUT2D eigenvalue weighted by Crippen LogP contribution is 2.39. The van der Waals surface area contributed by atoms with E-state index in [1.807, 2.05) is 6.07 Å². The summed E-state index contributed by atoms with van der Waals surface area (Å²) in [5.41, 5.74) is 15.3. The van der Waals surface area contributed by atoms with Crippen molar-refractivity contribution in [2.45, 2.75) is 24.6 Å². The highest BCUT2D eigenvalue weighted by Gasteiger charge is 2.32. The Bertz CT molecular complexity index is 759. The molecule has 0 amide bonds. The van der Waals surface area contributed by atoms with Crippen molar-refractivity contribution in [1.29, 1.82) is 0 Å². The molecule has 2 aromatic rings. The lowest BCUT2D eigenvalue weighted by molar-refractivity contribution is -0.137. The number of rotatable bonds is 3. The Labute approximate surface area is 149 Å². The molecule has 3 rings (SSSR count). The Morgan fingerprint density at radius 1 is 1.16 bits per heavy atom. The number of anilines is 2. The van der Waals surface area contributed by atoms with Gasteiger partial charge in [0.05, 0.1) is 5.56 Å². The minimum atomic E-state index is -4.35. The Kier molecular flexibility index (Phi) is 4.84. The van der Waals surface area contributed by atoms with Crippen molar-refractivity contribution < 1.29 is 13.2 Å². The van der Waals surface area contributed by atoms with E-state index in [4.69, 9.17) is 23.1 Å². The average molecular weight is 370 g/mol. The third-order valence-electron chi connectivity index (χ3n) is 4.65. The van der Waals surface area contributed by atoms with Gasteiger partial charge in [0.25, 0.3) is 0 Å². The van der Waals surface area contributed by atoms with Crippen molar-refractivity contribution in [2.75, 3.05) is 23.9 Å². The van der Waals surface area contributed by atoms with Gasteiger partial charge in [0, 0.05) is 29.2 Å². The lowest BCUT2D eigenvalue weighted by Crippen LogP contribution is -2.35. The molecule has 134 valence electrons. The van der Waals surface area contributed by atoms with Gasteiger partial charge in [-0.25, -0.2) is 0 Å². The number of nitrogen functional groups attached to an aromatic ring is 2. The van der Waals surface area contributed by atoms with Crippen molar-refractivity contribution >= 4 is 23.0 Å². The van der Waals surface area contributed by atoms with Crippen LogP contribution in [0.15, 0.2) is 36.4 Å². The van der Waals surface area contributed by atoms with E-state index in [1.165, 1.54) is 12.1 Å². The van der Waals surface area contributed by atoms with E-state index >= 15 is 0 Å². The van der Waals surface area contributed by atoms with Gasteiger partial charge in [-0.15, -0.1) is 11.6 Å². The molecule has 1 heterocycles. The number of alkyl halides is 4. The van der Waals surface area contributed by atoms with E-state index < -0.39 is 11.7 Å². The zero-order valence-electron chi connectivity index (χ0n) is 13.4. The Morgan fingerprint density at radius 2 is 1.84 bits per heavy atom. The maximum absolute atomic E-state index is 12.8. The van der Waals surface area contributed by atoms with Gasteiger partial charge < -0.3 is 16.8 Å². The fourth-order valence-corrected chi connectivity index (χ4v) is 3.78. The minimum Gasteiger partial charge on any atom is -0.399 e. The molecule has 0 spiro atoms. The molecular weight excluding hydrogens is 351 g/mol. The molecule has 0 saturated carbocycles. The summed E-state index contributed by atoms with van der Waals surface area (Å²) in [5, 5.41) is 3.41. The third kappa shape index (κ3) is 3.55. The molecule has 2 atom stereocenters. The van der Waals surface area contributed by atoms with E-state index in [0.29, 0.717) is 11.4 Å². The van der Waals surface area contributed by atoms with E-state index in [2.05, 4.69) is 5.32 Å². The van der Waals surface area contributed by atoms with Crippen LogP contribution in [-0.2, 0) is 12.6 Å². The third-order valence-corrected chi connectivity index (χ3v) is 4.98. The molecular formula is C18H19ClF3N3. The molecule has 0 aromatic heterocycles. The second kappa shape index (κ2) is 6.77. The van der Waals surface area contributed by atoms with Crippen molar-refractivity contribution in [2.24, 2.45) is 0 Å². The van der Waals surface area contributed by atoms with Crippen LogP contribution in [0, 0.1) is 0 Å². The second-order valence-corrected chi connectivity index (χ2v) is 6.55. The summed E-state index contributed by atoms with van der Waals surface area (Å²) >= 11 is 6.19. The summed E-state index contributed by atoms with van der Waals surface area (Å²) in [7, 11) is 0. The van der Waals surface area contributed by atoms with E-state index in [0.717, 1.165) is 41.8 Å². The zero-order valence-corrected chi connectivity index (χ0v) is 14.2. The van der Waals surface area contributed by atoms with Gasteiger partial charge in [0.1, 0.15) is 0 Å². The average Bonchev–Trinajstić information content (AvgIpc) is 2.55. The first-order valence-corrected chi connectivity index (χ1v) is 8.49. The molecule has 5 N–H and O–H groups in total. The van der Waals surface area contributed by atoms with Crippen LogP contribution < -0.4 is 16.8 Å². The van der Waals surface area contributed by atoms with Crippen LogP contribution in [0.5, 0.6) is 0 Å². The highest BCUT2D eigenvalue weighted by molar-refractivity contribution is 6.18. The molecule has 0 radical (unpaired) electrons. The van der Waals surface area contributed by atoms with Gasteiger partial charge in [-0.3, -0.25) is 0 Å². The first kappa shape index (κ1) is 17.9. The molecule has 25 heavy (non-hydrogen) atoms. The summed E-state index contributed by atoms with van der Waals surface area (Å²) in [4.78, 5) is 0. The van der Waals surface area contributed by atoms with Gasteiger partial charge >= 0.3 is 6.18 Å². The fourth-order valence-electron chi connectivity index (χ4n) is 3.42. The zero-order chi connectivity index (χ0) is 18.2. The van der Waals surface area contributed by atoms with Crippen LogP contribution in [0.25, 0.3) is 0 Å². The molecule has 2 aromatic carbocycles. The van der Waals surface area contributed by atoms with E-state index in [9.17, 15) is 13.2 Å². The van der Waals surface area contributed by atoms with Crippen LogP contribution >= 0.6 is 11.6 Å². The normalized spacial score (nSPS) is 18.6. The first-order chi connectivity index (χ1) is 11.8. The molecule has 1 aliphatic rings. The molecule has 0 aliphatic carbocycles. The van der Waals surface area contributed by atoms with Crippen LogP contribution in [0.3, 0.4) is 0 Å². The SMILES string of the molecule is Nc1cc(N)c2c(c1)C(C(CCl)c1ccc(C(F)(F)F)cc1)NCC2. The standard InChI is InChI=1S/C18H19ClF3N3/c19-9-15(10-1-3-11(4-2-10)18(20,21)22)17-14-7-12(23)8-16(24)13(14)5-6-25-17/h1-4,7-8,15,17,25H,5-6,9,23-24H2. The summed E-state index contributed by atoms with van der Waals surface area (Å²) < 4.78 is 38.3. The van der Waals surface area contributed by atoms with E-state index in [1.54, 1.807) is 6.07 Å². The molecule has 0 fully saturated rings. The van der Waals surface area contributed by atoms with Crippen LogP contribution in [0.1, 0.15) is 34.2 Å². The maximum atomic E-state index is 12.8. The monoisotopic (exact) mass is 369 g/mol. The Morgan fingerprint density at radius 3 is 2.44 bits per heavy atom. The molecule has 2 unspecified atom stereocenters. The van der Waals surface area contributed by atoms with Gasteiger partial charge in [-0.2, -0.15) is 13.2 Å². The van der Waals surface area contributed by atoms with Crippen molar-refractivity contribution in [3.8, 4) is 0 Å². The quantitative estimate of drug-likeness (QED) is 0.564. The number of nitrogens with two attached hydrogens (primary N) is 2. The van der Waals surface area contributed by atoms with Crippen molar-refractivity contribution in [3.63, 3.8) is 0 Å². The Balaban J connectivity index is 1.98. The van der Waals surface area contributed by atoms with Gasteiger partial charge in [-0.05, 0) is 53.9 Å². The smallest absolute Gasteiger partial charge is 0.399 e. The van der Waals surface area contributed by atoms with E-state index in [-0.39, 0.29) is 17.8 Å². The van der Waals surface area contributed by atoms with Crippen LogP contribution in [-0.4, -0.2) is 12.4 Å². The van der Waals surface area contributed by atoms with Gasteiger partial charge in [-0.1, -0.05) is 12.1 Å². The number of benzene rings is 2. The summed E-state index contributed by atoms with van der Waals surface area (Å²) in [6.07, 6.45) is -3.58. The molecule has 0 saturated heterocycles. The summed E-state index contributed by atoms with van der Waals surface area (Å²) in [6, 6.07) is 8.60. The first-order valence-electron chi connectivity index (χ1n) is 7.95. The number of fused-ring (bicyclic) bond motifs is 1. The lowest BCUT2D eigenvalue weighted by atomic mass is 9.82. The maximum Gasteiger partial charge on any atom is 0.416 e. The van der Waals surface area contributed by atoms with Gasteiger partial charge in [0.2, 0.25) is 0 Å².